The van der Waals surface area contributed by atoms with Crippen molar-refractivity contribution in [2.45, 2.75) is 6.18 Å². The molecule has 0 saturated carbocycles. The number of nitrogens with one attached hydrogen (secondary N) is 2. The second-order valence-electron chi connectivity index (χ2n) is 3.89. The van der Waals surface area contributed by atoms with Gasteiger partial charge in [0.05, 0.1) is 11.3 Å². The highest BCUT2D eigenvalue weighted by molar-refractivity contribution is 5.65. The van der Waals surface area contributed by atoms with Crippen molar-refractivity contribution in [3.63, 3.8) is 0 Å². The van der Waals surface area contributed by atoms with Gasteiger partial charge < -0.3 is 10.7 Å². The van der Waals surface area contributed by atoms with Crippen LogP contribution in [0, 0.1) is 11.3 Å². The average Bonchev–Trinajstić information content (AvgIpc) is 2.46. The van der Waals surface area contributed by atoms with E-state index in [9.17, 15) is 13.2 Å². The van der Waals surface area contributed by atoms with E-state index in [4.69, 9.17) is 11.1 Å². The first-order chi connectivity index (χ1) is 9.94. The van der Waals surface area contributed by atoms with Crippen LogP contribution in [-0.4, -0.2) is 9.97 Å². The summed E-state index contributed by atoms with van der Waals surface area (Å²) in [5.74, 6) is 3.42. The number of halogens is 3. The molecule has 6 nitrogen and oxygen atoms in total. The van der Waals surface area contributed by atoms with Crippen LogP contribution in [0.1, 0.15) is 11.4 Å². The zero-order valence-corrected chi connectivity index (χ0v) is 10.4. The third-order valence-electron chi connectivity index (χ3n) is 2.44. The molecular weight excluding hydrogens is 285 g/mol. The number of hydrogen-bond acceptors (Lipinski definition) is 6. The molecule has 0 aliphatic carbocycles. The highest BCUT2D eigenvalue weighted by Crippen LogP contribution is 2.29. The molecule has 0 atom stereocenters. The van der Waals surface area contributed by atoms with E-state index in [1.54, 1.807) is 18.2 Å². The van der Waals surface area contributed by atoms with Gasteiger partial charge in [-0.1, -0.05) is 12.1 Å². The van der Waals surface area contributed by atoms with Crippen molar-refractivity contribution in [2.75, 3.05) is 10.7 Å². The molecule has 0 bridgehead atoms. The lowest BCUT2D eigenvalue weighted by Gasteiger charge is -2.12. The van der Waals surface area contributed by atoms with E-state index in [0.29, 0.717) is 5.69 Å². The zero-order chi connectivity index (χ0) is 15.5. The number of rotatable bonds is 3. The summed E-state index contributed by atoms with van der Waals surface area (Å²) >= 11 is 0. The van der Waals surface area contributed by atoms with Gasteiger partial charge in [0.15, 0.2) is 0 Å². The zero-order valence-electron chi connectivity index (χ0n) is 10.4. The number of nitrogens with zero attached hydrogens (tertiary/aromatic N) is 3. The Bertz CT molecular complexity index is 692. The lowest BCUT2D eigenvalue weighted by atomic mass is 10.2. The third-order valence-corrected chi connectivity index (χ3v) is 2.44. The Morgan fingerprint density at radius 3 is 2.43 bits per heavy atom. The molecule has 108 valence electrons. The number of hydrogen-bond donors (Lipinski definition) is 3. The average molecular weight is 294 g/mol. The summed E-state index contributed by atoms with van der Waals surface area (Å²) in [6.45, 7) is 0. The van der Waals surface area contributed by atoms with E-state index in [-0.39, 0.29) is 17.2 Å². The fourth-order valence-corrected chi connectivity index (χ4v) is 1.54. The van der Waals surface area contributed by atoms with Crippen molar-refractivity contribution in [1.29, 1.82) is 5.26 Å². The number of anilines is 3. The first-order valence-corrected chi connectivity index (χ1v) is 5.63. The van der Waals surface area contributed by atoms with E-state index >= 15 is 0 Å². The van der Waals surface area contributed by atoms with Crippen molar-refractivity contribution in [3.05, 3.63) is 41.7 Å². The minimum absolute atomic E-state index is 0.132. The van der Waals surface area contributed by atoms with Gasteiger partial charge in [-0.3, -0.25) is 0 Å². The molecule has 1 aromatic carbocycles. The van der Waals surface area contributed by atoms with Gasteiger partial charge in [-0.05, 0) is 12.1 Å². The van der Waals surface area contributed by atoms with Crippen LogP contribution < -0.4 is 16.6 Å². The monoisotopic (exact) mass is 294 g/mol. The highest BCUT2D eigenvalue weighted by Gasteiger charge is 2.35. The molecule has 4 N–H and O–H groups in total. The first-order valence-electron chi connectivity index (χ1n) is 5.63. The van der Waals surface area contributed by atoms with Crippen molar-refractivity contribution >= 4 is 17.3 Å². The topological polar surface area (TPSA) is 99.7 Å². The molecule has 1 heterocycles. The lowest BCUT2D eigenvalue weighted by molar-refractivity contribution is -0.144. The van der Waals surface area contributed by atoms with Crippen molar-refractivity contribution < 1.29 is 13.2 Å². The highest BCUT2D eigenvalue weighted by atomic mass is 19.4. The summed E-state index contributed by atoms with van der Waals surface area (Å²) in [6, 6.07) is 9.46. The molecule has 0 spiro atoms. The number of benzene rings is 1. The predicted octanol–water partition coefficient (Wildman–Crippen LogP) is 2.40. The second-order valence-corrected chi connectivity index (χ2v) is 3.89. The number of alkyl halides is 3. The van der Waals surface area contributed by atoms with E-state index in [1.165, 1.54) is 12.1 Å². The summed E-state index contributed by atoms with van der Waals surface area (Å²) in [5, 5.41) is 11.6. The quantitative estimate of drug-likeness (QED) is 0.593. The van der Waals surface area contributed by atoms with Crippen molar-refractivity contribution in [1.82, 2.24) is 9.97 Å². The number of nitrogen functional groups attached to an aromatic ring is 1. The molecule has 0 saturated heterocycles. The first kappa shape index (κ1) is 14.5. The number of hydrazine groups is 1. The molecular formula is C12H9F3N6. The molecule has 0 aliphatic rings. The van der Waals surface area contributed by atoms with E-state index < -0.39 is 12.0 Å². The van der Waals surface area contributed by atoms with Crippen LogP contribution in [0.4, 0.5) is 30.5 Å². The van der Waals surface area contributed by atoms with Crippen LogP contribution in [0.2, 0.25) is 0 Å². The van der Waals surface area contributed by atoms with E-state index in [0.717, 1.165) is 0 Å². The summed E-state index contributed by atoms with van der Waals surface area (Å²) in [6.07, 6.45) is -4.71. The fourth-order valence-electron chi connectivity index (χ4n) is 1.54. The molecule has 1 aromatic heterocycles. The van der Waals surface area contributed by atoms with Gasteiger partial charge in [-0.25, -0.2) is 15.8 Å². The smallest absolute Gasteiger partial charge is 0.339 e. The standard InChI is InChI=1S/C12H9F3N6/c13-12(14,15)11-19-9(5-10(20-11)21-17)18-8-4-2-1-3-7(8)6-16/h1-5H,17H2,(H2,18,19,20,21). The normalized spacial score (nSPS) is 10.8. The summed E-state index contributed by atoms with van der Waals surface area (Å²) in [4.78, 5) is 6.60. The van der Waals surface area contributed by atoms with Crippen LogP contribution in [0.3, 0.4) is 0 Å². The Labute approximate surface area is 117 Å². The molecule has 0 fully saturated rings. The van der Waals surface area contributed by atoms with Crippen LogP contribution in [-0.2, 0) is 6.18 Å². The molecule has 21 heavy (non-hydrogen) atoms. The molecule has 0 radical (unpaired) electrons. The Morgan fingerprint density at radius 2 is 1.81 bits per heavy atom. The number of aromatic nitrogens is 2. The minimum Gasteiger partial charge on any atom is -0.339 e. The predicted molar refractivity (Wildman–Crippen MR) is 69.3 cm³/mol. The van der Waals surface area contributed by atoms with E-state index in [1.807, 2.05) is 11.5 Å². The summed E-state index contributed by atoms with van der Waals surface area (Å²) < 4.78 is 38.1. The molecule has 2 rings (SSSR count). The Kier molecular flexibility index (Phi) is 3.91. The lowest BCUT2D eigenvalue weighted by Crippen LogP contribution is -2.16. The SMILES string of the molecule is N#Cc1ccccc1Nc1cc(NN)nc(C(F)(F)F)n1. The molecule has 0 amide bonds. The Hall–Kier alpha value is -2.86. The van der Waals surface area contributed by atoms with E-state index in [2.05, 4.69) is 15.3 Å². The van der Waals surface area contributed by atoms with Gasteiger partial charge in [0.25, 0.3) is 0 Å². The summed E-state index contributed by atoms with van der Waals surface area (Å²) in [7, 11) is 0. The minimum atomic E-state index is -4.71. The summed E-state index contributed by atoms with van der Waals surface area (Å²) in [5.41, 5.74) is 2.64. The van der Waals surface area contributed by atoms with Gasteiger partial charge in [-0.2, -0.15) is 18.4 Å². The van der Waals surface area contributed by atoms with Gasteiger partial charge in [0, 0.05) is 6.07 Å². The van der Waals surface area contributed by atoms with Gasteiger partial charge in [-0.15, -0.1) is 0 Å². The molecule has 0 unspecified atom stereocenters. The van der Waals surface area contributed by atoms with Gasteiger partial charge >= 0.3 is 6.18 Å². The van der Waals surface area contributed by atoms with Crippen LogP contribution in [0.25, 0.3) is 0 Å². The maximum Gasteiger partial charge on any atom is 0.451 e. The van der Waals surface area contributed by atoms with Gasteiger partial charge in [0.1, 0.15) is 17.7 Å². The largest absolute Gasteiger partial charge is 0.451 e. The molecule has 0 aliphatic heterocycles. The van der Waals surface area contributed by atoms with Crippen molar-refractivity contribution in [3.8, 4) is 6.07 Å². The van der Waals surface area contributed by atoms with Crippen LogP contribution in [0.15, 0.2) is 30.3 Å². The third kappa shape index (κ3) is 3.37. The number of para-hydroxylation sites is 1. The van der Waals surface area contributed by atoms with Crippen molar-refractivity contribution in [2.24, 2.45) is 5.84 Å². The number of nitrogens with two attached hydrogens (primary N) is 1. The van der Waals surface area contributed by atoms with Crippen LogP contribution in [0.5, 0.6) is 0 Å². The Morgan fingerprint density at radius 1 is 1.14 bits per heavy atom. The van der Waals surface area contributed by atoms with Gasteiger partial charge in [0.2, 0.25) is 5.82 Å². The Balaban J connectivity index is 2.42. The fraction of sp³-hybridized carbons (Fsp3) is 0.0833. The van der Waals surface area contributed by atoms with Crippen LogP contribution >= 0.6 is 0 Å². The number of nitriles is 1. The second kappa shape index (κ2) is 5.64. The maximum atomic E-state index is 12.7. The molecule has 2 aromatic rings. The molecule has 9 heteroatoms. The maximum absolute atomic E-state index is 12.7.